The summed E-state index contributed by atoms with van der Waals surface area (Å²) >= 11 is 0. The molecule has 0 saturated heterocycles. The van der Waals surface area contributed by atoms with Gasteiger partial charge in [-0.05, 0) is 37.1 Å². The number of hydrogen-bond donors (Lipinski definition) is 1. The maximum atomic E-state index is 9.24. The predicted octanol–water partition coefficient (Wildman–Crippen LogP) is 2.83. The topological polar surface area (TPSA) is 36.4 Å². The number of aliphatic hydroxyl groups excluding tert-OH is 1. The highest BCUT2D eigenvalue weighted by molar-refractivity contribution is 5.42. The van der Waals surface area contributed by atoms with Gasteiger partial charge in [0.1, 0.15) is 5.82 Å². The number of hydrogen-bond acceptors (Lipinski definition) is 3. The van der Waals surface area contributed by atoms with Crippen LogP contribution in [0.3, 0.4) is 0 Å². The first kappa shape index (κ1) is 13.6. The van der Waals surface area contributed by atoms with Crippen LogP contribution in [0.2, 0.25) is 0 Å². The smallest absolute Gasteiger partial charge is 0.129 e. The van der Waals surface area contributed by atoms with Gasteiger partial charge in [0, 0.05) is 19.3 Å². The van der Waals surface area contributed by atoms with Crippen LogP contribution in [0.25, 0.3) is 0 Å². The first-order valence-electron chi connectivity index (χ1n) is 6.43. The number of aliphatic hydroxyl groups is 1. The van der Waals surface area contributed by atoms with Gasteiger partial charge in [0.15, 0.2) is 0 Å². The number of rotatable bonds is 4. The molecule has 0 spiro atoms. The molecule has 3 heteroatoms. The van der Waals surface area contributed by atoms with Crippen LogP contribution in [-0.4, -0.2) is 17.1 Å². The van der Waals surface area contributed by atoms with E-state index in [9.17, 15) is 5.11 Å². The average Bonchev–Trinajstić information content (AvgIpc) is 2.40. The molecule has 0 amide bonds. The highest BCUT2D eigenvalue weighted by atomic mass is 16.3. The molecule has 2 rings (SSSR count). The van der Waals surface area contributed by atoms with Crippen LogP contribution < -0.4 is 4.90 Å². The molecule has 100 valence electrons. The number of benzene rings is 1. The third kappa shape index (κ3) is 3.55. The van der Waals surface area contributed by atoms with Crippen molar-refractivity contribution in [1.29, 1.82) is 0 Å². The van der Waals surface area contributed by atoms with Crippen molar-refractivity contribution in [3.63, 3.8) is 0 Å². The van der Waals surface area contributed by atoms with E-state index in [2.05, 4.69) is 41.1 Å². The molecule has 3 nitrogen and oxygen atoms in total. The van der Waals surface area contributed by atoms with Gasteiger partial charge in [-0.15, -0.1) is 0 Å². The number of nitrogens with zero attached hydrogens (tertiary/aromatic N) is 2. The Morgan fingerprint density at radius 1 is 1.05 bits per heavy atom. The molecule has 1 aromatic carbocycles. The van der Waals surface area contributed by atoms with Gasteiger partial charge in [0.2, 0.25) is 0 Å². The van der Waals surface area contributed by atoms with Crippen LogP contribution in [0.1, 0.15) is 22.4 Å². The molecule has 0 radical (unpaired) electrons. The lowest BCUT2D eigenvalue weighted by Gasteiger charge is -2.19. The van der Waals surface area contributed by atoms with E-state index in [0.717, 1.165) is 23.6 Å². The van der Waals surface area contributed by atoms with E-state index >= 15 is 0 Å². The molecular formula is C16H20N2O. The molecule has 1 heterocycles. The number of anilines is 1. The van der Waals surface area contributed by atoms with Crippen molar-refractivity contribution in [2.24, 2.45) is 0 Å². The van der Waals surface area contributed by atoms with Crippen molar-refractivity contribution in [3.05, 3.63) is 58.8 Å². The van der Waals surface area contributed by atoms with Gasteiger partial charge >= 0.3 is 0 Å². The fourth-order valence-electron chi connectivity index (χ4n) is 2.06. The minimum Gasteiger partial charge on any atom is -0.392 e. The van der Waals surface area contributed by atoms with E-state index in [1.807, 2.05) is 26.1 Å². The second-order valence-electron chi connectivity index (χ2n) is 4.97. The van der Waals surface area contributed by atoms with Gasteiger partial charge in [0.25, 0.3) is 0 Å². The van der Waals surface area contributed by atoms with Crippen LogP contribution in [0, 0.1) is 13.8 Å². The zero-order valence-corrected chi connectivity index (χ0v) is 11.7. The normalized spacial score (nSPS) is 10.5. The van der Waals surface area contributed by atoms with E-state index in [1.54, 1.807) is 0 Å². The van der Waals surface area contributed by atoms with Crippen molar-refractivity contribution < 1.29 is 5.11 Å². The predicted molar refractivity (Wildman–Crippen MR) is 78.2 cm³/mol. The minimum absolute atomic E-state index is 0.0503. The van der Waals surface area contributed by atoms with Crippen molar-refractivity contribution in [2.75, 3.05) is 11.9 Å². The van der Waals surface area contributed by atoms with Crippen molar-refractivity contribution >= 4 is 5.82 Å². The van der Waals surface area contributed by atoms with E-state index in [0.29, 0.717) is 0 Å². The molecular weight excluding hydrogens is 236 g/mol. The SMILES string of the molecule is Cc1ccc(CN(C)c2cc(CO)cc(C)n2)cc1. The molecule has 19 heavy (non-hydrogen) atoms. The van der Waals surface area contributed by atoms with Crippen LogP contribution in [-0.2, 0) is 13.2 Å². The Morgan fingerprint density at radius 3 is 2.37 bits per heavy atom. The zero-order valence-electron chi connectivity index (χ0n) is 11.7. The summed E-state index contributed by atoms with van der Waals surface area (Å²) in [7, 11) is 2.02. The van der Waals surface area contributed by atoms with Crippen LogP contribution in [0.4, 0.5) is 5.82 Å². The van der Waals surface area contributed by atoms with Crippen molar-refractivity contribution in [1.82, 2.24) is 4.98 Å². The fourth-order valence-corrected chi connectivity index (χ4v) is 2.06. The Kier molecular flexibility index (Phi) is 4.17. The van der Waals surface area contributed by atoms with Gasteiger partial charge in [-0.25, -0.2) is 4.98 Å². The molecule has 0 unspecified atom stereocenters. The Hall–Kier alpha value is -1.87. The van der Waals surface area contributed by atoms with E-state index in [1.165, 1.54) is 11.1 Å². The summed E-state index contributed by atoms with van der Waals surface area (Å²) < 4.78 is 0. The van der Waals surface area contributed by atoms with Crippen LogP contribution >= 0.6 is 0 Å². The lowest BCUT2D eigenvalue weighted by Crippen LogP contribution is -2.18. The molecule has 0 atom stereocenters. The minimum atomic E-state index is 0.0503. The molecule has 0 aliphatic rings. The largest absolute Gasteiger partial charge is 0.392 e. The van der Waals surface area contributed by atoms with Crippen molar-refractivity contribution in [2.45, 2.75) is 27.0 Å². The first-order valence-corrected chi connectivity index (χ1v) is 6.43. The fraction of sp³-hybridized carbons (Fsp3) is 0.312. The number of aryl methyl sites for hydroxylation is 2. The van der Waals surface area contributed by atoms with Gasteiger partial charge in [0.05, 0.1) is 6.61 Å². The Labute approximate surface area is 114 Å². The summed E-state index contributed by atoms with van der Waals surface area (Å²) in [6.45, 7) is 4.89. The van der Waals surface area contributed by atoms with E-state index in [4.69, 9.17) is 0 Å². The number of pyridine rings is 1. The molecule has 0 bridgehead atoms. The Balaban J connectivity index is 2.17. The second-order valence-corrected chi connectivity index (χ2v) is 4.97. The first-order chi connectivity index (χ1) is 9.08. The average molecular weight is 256 g/mol. The molecule has 0 fully saturated rings. The van der Waals surface area contributed by atoms with Crippen LogP contribution in [0.15, 0.2) is 36.4 Å². The third-order valence-electron chi connectivity index (χ3n) is 3.11. The maximum Gasteiger partial charge on any atom is 0.129 e. The molecule has 0 saturated carbocycles. The summed E-state index contributed by atoms with van der Waals surface area (Å²) in [5, 5.41) is 9.24. The summed E-state index contributed by atoms with van der Waals surface area (Å²) in [6, 6.07) is 12.3. The quantitative estimate of drug-likeness (QED) is 0.913. The molecule has 0 aliphatic carbocycles. The van der Waals surface area contributed by atoms with Gasteiger partial charge < -0.3 is 10.0 Å². The lowest BCUT2D eigenvalue weighted by molar-refractivity contribution is 0.281. The monoisotopic (exact) mass is 256 g/mol. The van der Waals surface area contributed by atoms with E-state index in [-0.39, 0.29) is 6.61 Å². The van der Waals surface area contributed by atoms with Gasteiger partial charge in [-0.1, -0.05) is 29.8 Å². The lowest BCUT2D eigenvalue weighted by atomic mass is 10.1. The standard InChI is InChI=1S/C16H20N2O/c1-12-4-6-14(7-5-12)10-18(3)16-9-15(11-19)8-13(2)17-16/h4-9,19H,10-11H2,1-3H3. The van der Waals surface area contributed by atoms with Gasteiger partial charge in [-0.2, -0.15) is 0 Å². The molecule has 0 aliphatic heterocycles. The maximum absolute atomic E-state index is 9.24. The summed E-state index contributed by atoms with van der Waals surface area (Å²) in [5.74, 6) is 0.893. The van der Waals surface area contributed by atoms with Crippen molar-refractivity contribution in [3.8, 4) is 0 Å². The molecule has 2 aromatic rings. The summed E-state index contributed by atoms with van der Waals surface area (Å²) in [4.78, 5) is 6.60. The Bertz CT molecular complexity index is 549. The molecule has 1 aromatic heterocycles. The number of aromatic nitrogens is 1. The Morgan fingerprint density at radius 2 is 1.74 bits per heavy atom. The zero-order chi connectivity index (χ0) is 13.8. The highest BCUT2D eigenvalue weighted by Gasteiger charge is 2.06. The third-order valence-corrected chi connectivity index (χ3v) is 3.11. The molecule has 1 N–H and O–H groups in total. The van der Waals surface area contributed by atoms with E-state index < -0.39 is 0 Å². The highest BCUT2D eigenvalue weighted by Crippen LogP contribution is 2.16. The second kappa shape index (κ2) is 5.85. The summed E-state index contributed by atoms with van der Waals surface area (Å²) in [6.07, 6.45) is 0. The van der Waals surface area contributed by atoms with Crippen LogP contribution in [0.5, 0.6) is 0 Å². The summed E-state index contributed by atoms with van der Waals surface area (Å²) in [5.41, 5.74) is 4.35. The van der Waals surface area contributed by atoms with Gasteiger partial charge in [-0.3, -0.25) is 0 Å².